The first-order chi connectivity index (χ1) is 15.4. The average molecular weight is 517 g/mol. The molecule has 2 aromatic heterocycles. The number of para-hydroxylation sites is 1. The molecule has 0 aliphatic rings. The van der Waals surface area contributed by atoms with Crippen molar-refractivity contribution in [2.24, 2.45) is 7.05 Å². The monoisotopic (exact) mass is 516 g/mol. The molecule has 2 heterocycles. The molecule has 0 saturated carbocycles. The van der Waals surface area contributed by atoms with E-state index in [0.717, 1.165) is 10.0 Å². The minimum atomic E-state index is -0.894. The summed E-state index contributed by atoms with van der Waals surface area (Å²) in [5.41, 5.74) is 0.498. The Kier molecular flexibility index (Phi) is 6.83. The van der Waals surface area contributed by atoms with Crippen LogP contribution in [0.25, 0.3) is 11.2 Å². The third-order valence-electron chi connectivity index (χ3n) is 4.81. The summed E-state index contributed by atoms with van der Waals surface area (Å²) in [6.45, 7) is 0.133. The molecule has 1 unspecified atom stereocenters. The Bertz CT molecular complexity index is 1350. The molecule has 0 fully saturated rings. The number of imidazole rings is 1. The summed E-state index contributed by atoms with van der Waals surface area (Å²) in [5.74, 6) is 1.25. The van der Waals surface area contributed by atoms with Crippen LogP contribution in [0, 0.1) is 0 Å². The number of nitrogens with one attached hydrogen (secondary N) is 1. The first-order valence-electron chi connectivity index (χ1n) is 9.85. The third-order valence-corrected chi connectivity index (χ3v) is 6.35. The summed E-state index contributed by atoms with van der Waals surface area (Å²) in [7, 11) is 1.55. The lowest BCUT2D eigenvalue weighted by atomic mass is 10.2. The van der Waals surface area contributed by atoms with Gasteiger partial charge >= 0.3 is 5.69 Å². The molecule has 32 heavy (non-hydrogen) atoms. The van der Waals surface area contributed by atoms with Crippen molar-refractivity contribution < 1.29 is 9.84 Å². The molecule has 0 aliphatic heterocycles. The van der Waals surface area contributed by atoms with Crippen LogP contribution < -0.4 is 16.0 Å². The highest BCUT2D eigenvalue weighted by Gasteiger charge is 2.20. The number of aliphatic hydroxyl groups excluding tert-OH is 1. The van der Waals surface area contributed by atoms with Crippen LogP contribution >= 0.6 is 27.7 Å². The second-order valence-corrected chi connectivity index (χ2v) is 9.05. The van der Waals surface area contributed by atoms with Crippen LogP contribution in [-0.2, 0) is 19.3 Å². The summed E-state index contributed by atoms with van der Waals surface area (Å²) >= 11 is 4.89. The van der Waals surface area contributed by atoms with Gasteiger partial charge in [-0.3, -0.25) is 14.3 Å². The van der Waals surface area contributed by atoms with Gasteiger partial charge in [0.2, 0.25) is 0 Å². The van der Waals surface area contributed by atoms with Gasteiger partial charge in [-0.1, -0.05) is 58.0 Å². The molecule has 0 bridgehead atoms. The second-order valence-electron chi connectivity index (χ2n) is 7.19. The number of rotatable bonds is 8. The maximum absolute atomic E-state index is 12.6. The van der Waals surface area contributed by atoms with Crippen LogP contribution in [-0.4, -0.2) is 36.9 Å². The van der Waals surface area contributed by atoms with Crippen molar-refractivity contribution in [3.8, 4) is 5.75 Å². The number of halogens is 1. The van der Waals surface area contributed by atoms with Crippen LogP contribution in [0.2, 0.25) is 0 Å². The van der Waals surface area contributed by atoms with Gasteiger partial charge in [0.15, 0.2) is 16.3 Å². The number of nitrogens with zero attached hydrogens (tertiary/aromatic N) is 3. The Hall–Kier alpha value is -2.82. The first kappa shape index (κ1) is 22.4. The molecule has 1 atom stereocenters. The molecule has 0 aliphatic carbocycles. The topological polar surface area (TPSA) is 102 Å². The van der Waals surface area contributed by atoms with Crippen LogP contribution in [0.3, 0.4) is 0 Å². The smallest absolute Gasteiger partial charge is 0.329 e. The lowest BCUT2D eigenvalue weighted by molar-refractivity contribution is 0.0914. The highest BCUT2D eigenvalue weighted by molar-refractivity contribution is 9.10. The van der Waals surface area contributed by atoms with Crippen molar-refractivity contribution in [1.82, 2.24) is 19.1 Å². The SMILES string of the molecule is Cn1c(=O)[nH]c(=O)c2c1nc(SCc1cccc(Br)c1)n2CC(O)COc1ccccc1. The predicted molar refractivity (Wildman–Crippen MR) is 127 cm³/mol. The minimum absolute atomic E-state index is 0.0447. The fourth-order valence-corrected chi connectivity index (χ4v) is 4.64. The quantitative estimate of drug-likeness (QED) is 0.349. The van der Waals surface area contributed by atoms with Gasteiger partial charge in [-0.25, -0.2) is 9.78 Å². The summed E-state index contributed by atoms with van der Waals surface area (Å²) in [6, 6.07) is 17.1. The Labute approximate surface area is 196 Å². The lowest BCUT2D eigenvalue weighted by Crippen LogP contribution is -2.30. The van der Waals surface area contributed by atoms with Gasteiger partial charge < -0.3 is 14.4 Å². The van der Waals surface area contributed by atoms with Gasteiger partial charge in [-0.2, -0.15) is 0 Å². The summed E-state index contributed by atoms with van der Waals surface area (Å²) < 4.78 is 9.56. The van der Waals surface area contributed by atoms with E-state index in [1.54, 1.807) is 23.7 Å². The second kappa shape index (κ2) is 9.76. The number of ether oxygens (including phenoxy) is 1. The molecule has 4 aromatic rings. The van der Waals surface area contributed by atoms with Gasteiger partial charge in [-0.15, -0.1) is 0 Å². The number of aromatic nitrogens is 4. The normalized spacial score (nSPS) is 12.2. The maximum atomic E-state index is 12.6. The molecule has 0 radical (unpaired) electrons. The largest absolute Gasteiger partial charge is 0.491 e. The third kappa shape index (κ3) is 4.98. The van der Waals surface area contributed by atoms with Crippen LogP contribution in [0.1, 0.15) is 5.56 Å². The number of aliphatic hydroxyl groups is 1. The molecular weight excluding hydrogens is 496 g/mol. The van der Waals surface area contributed by atoms with Crippen molar-refractivity contribution >= 4 is 38.9 Å². The fourth-order valence-electron chi connectivity index (χ4n) is 3.24. The molecule has 166 valence electrons. The molecular formula is C22H21BrN4O4S. The van der Waals surface area contributed by atoms with E-state index >= 15 is 0 Å². The van der Waals surface area contributed by atoms with Crippen molar-refractivity contribution in [2.75, 3.05) is 6.61 Å². The minimum Gasteiger partial charge on any atom is -0.491 e. The number of H-pyrrole nitrogens is 1. The maximum Gasteiger partial charge on any atom is 0.329 e. The van der Waals surface area contributed by atoms with E-state index in [4.69, 9.17) is 4.74 Å². The van der Waals surface area contributed by atoms with E-state index in [1.807, 2.05) is 42.5 Å². The van der Waals surface area contributed by atoms with E-state index in [9.17, 15) is 14.7 Å². The summed E-state index contributed by atoms with van der Waals surface area (Å²) in [4.78, 5) is 31.5. The fraction of sp³-hybridized carbons (Fsp3) is 0.227. The van der Waals surface area contributed by atoms with Crippen LogP contribution in [0.5, 0.6) is 5.75 Å². The van der Waals surface area contributed by atoms with E-state index in [-0.39, 0.29) is 24.3 Å². The molecule has 0 amide bonds. The van der Waals surface area contributed by atoms with Gasteiger partial charge in [0.25, 0.3) is 5.56 Å². The van der Waals surface area contributed by atoms with Gasteiger partial charge in [0, 0.05) is 17.3 Å². The van der Waals surface area contributed by atoms with Crippen molar-refractivity contribution in [1.29, 1.82) is 0 Å². The van der Waals surface area contributed by atoms with E-state index in [1.165, 1.54) is 16.3 Å². The predicted octanol–water partition coefficient (Wildman–Crippen LogP) is 2.92. The standard InChI is InChI=1S/C22H21BrN4O4S/c1-26-19-18(20(29)25-21(26)30)27(11-16(28)12-31-17-8-3-2-4-9-17)22(24-19)32-13-14-6-5-7-15(23)10-14/h2-10,16,28H,11-13H2,1H3,(H,25,29,30). The van der Waals surface area contributed by atoms with E-state index in [2.05, 4.69) is 25.9 Å². The Morgan fingerprint density at radius 2 is 1.97 bits per heavy atom. The molecule has 0 saturated heterocycles. The molecule has 8 nitrogen and oxygen atoms in total. The molecule has 10 heteroatoms. The summed E-state index contributed by atoms with van der Waals surface area (Å²) in [6.07, 6.45) is -0.894. The number of benzene rings is 2. The summed E-state index contributed by atoms with van der Waals surface area (Å²) in [5, 5.41) is 11.2. The lowest BCUT2D eigenvalue weighted by Gasteiger charge is -2.15. The van der Waals surface area contributed by atoms with Crippen molar-refractivity contribution in [3.63, 3.8) is 0 Å². The number of hydrogen-bond donors (Lipinski definition) is 2. The van der Waals surface area contributed by atoms with E-state index < -0.39 is 17.4 Å². The van der Waals surface area contributed by atoms with Gasteiger partial charge in [0.05, 0.1) is 6.54 Å². The zero-order valence-electron chi connectivity index (χ0n) is 17.2. The average Bonchev–Trinajstić information content (AvgIpc) is 3.14. The highest BCUT2D eigenvalue weighted by atomic mass is 79.9. The van der Waals surface area contributed by atoms with E-state index in [0.29, 0.717) is 16.7 Å². The van der Waals surface area contributed by atoms with Crippen molar-refractivity contribution in [2.45, 2.75) is 23.6 Å². The number of thioether (sulfide) groups is 1. The molecule has 2 aromatic carbocycles. The Morgan fingerprint density at radius 1 is 1.19 bits per heavy atom. The Balaban J connectivity index is 1.63. The molecule has 4 rings (SSSR count). The molecule has 2 N–H and O–H groups in total. The van der Waals surface area contributed by atoms with Crippen LogP contribution in [0.15, 0.2) is 73.8 Å². The number of hydrogen-bond acceptors (Lipinski definition) is 6. The zero-order chi connectivity index (χ0) is 22.7. The Morgan fingerprint density at radius 3 is 2.72 bits per heavy atom. The van der Waals surface area contributed by atoms with Gasteiger partial charge in [0.1, 0.15) is 18.5 Å². The number of aryl methyl sites for hydroxylation is 1. The first-order valence-corrected chi connectivity index (χ1v) is 11.6. The number of aromatic amines is 1. The highest BCUT2D eigenvalue weighted by Crippen LogP contribution is 2.26. The van der Waals surface area contributed by atoms with Crippen LogP contribution in [0.4, 0.5) is 0 Å². The van der Waals surface area contributed by atoms with Crippen molar-refractivity contribution in [3.05, 3.63) is 85.5 Å². The van der Waals surface area contributed by atoms with Gasteiger partial charge in [-0.05, 0) is 29.8 Å². The molecule has 0 spiro atoms. The number of fused-ring (bicyclic) bond motifs is 1. The zero-order valence-corrected chi connectivity index (χ0v) is 19.6.